The second-order valence-electron chi connectivity index (χ2n) is 4.59. The van der Waals surface area contributed by atoms with Gasteiger partial charge in [-0.15, -0.1) is 0 Å². The Bertz CT molecular complexity index is 813. The van der Waals surface area contributed by atoms with Crippen LogP contribution >= 0.6 is 27.5 Å². The first-order chi connectivity index (χ1) is 10.1. The predicted octanol–water partition coefficient (Wildman–Crippen LogP) is 4.91. The van der Waals surface area contributed by atoms with Crippen molar-refractivity contribution >= 4 is 44.1 Å². The molecule has 1 heterocycles. The van der Waals surface area contributed by atoms with E-state index in [1.165, 1.54) is 0 Å². The summed E-state index contributed by atoms with van der Waals surface area (Å²) in [5.74, 6) is 1.10. The summed E-state index contributed by atoms with van der Waals surface area (Å²) in [6.45, 7) is 0. The number of ether oxygens (including phenoxy) is 1. The molecule has 0 aliphatic carbocycles. The fraction of sp³-hybridized carbons (Fsp3) is 0.0625. The summed E-state index contributed by atoms with van der Waals surface area (Å²) >= 11 is 9.43. The average molecular weight is 364 g/mol. The molecule has 0 atom stereocenters. The third-order valence-corrected chi connectivity index (χ3v) is 4.12. The van der Waals surface area contributed by atoms with Crippen LogP contribution in [0.5, 0.6) is 5.75 Å². The third kappa shape index (κ3) is 2.57. The molecule has 0 bridgehead atoms. The van der Waals surface area contributed by atoms with Crippen LogP contribution in [0.15, 0.2) is 46.9 Å². The van der Waals surface area contributed by atoms with Gasteiger partial charge in [0.05, 0.1) is 7.11 Å². The second kappa shape index (κ2) is 5.54. The van der Waals surface area contributed by atoms with Crippen molar-refractivity contribution in [1.82, 2.24) is 4.98 Å². The molecule has 0 radical (unpaired) electrons. The number of benzene rings is 2. The molecule has 3 aromatic rings. The van der Waals surface area contributed by atoms with Crippen LogP contribution < -0.4 is 10.5 Å². The van der Waals surface area contributed by atoms with Gasteiger partial charge in [0, 0.05) is 15.6 Å². The number of rotatable bonds is 2. The number of nitrogens with two attached hydrogens (primary N) is 1. The maximum Gasteiger partial charge on any atom is 0.134 e. The fourth-order valence-corrected chi connectivity index (χ4v) is 3.32. The van der Waals surface area contributed by atoms with Crippen molar-refractivity contribution in [3.63, 3.8) is 0 Å². The number of nitrogens with zero attached hydrogens (tertiary/aromatic N) is 1. The average Bonchev–Trinajstić information content (AvgIpc) is 2.45. The van der Waals surface area contributed by atoms with E-state index in [4.69, 9.17) is 22.1 Å². The SMILES string of the molecule is COc1cc2ccccc2cc1-c1c(Br)cc(Cl)nc1N. The Balaban J connectivity index is 2.34. The van der Waals surface area contributed by atoms with Gasteiger partial charge in [-0.1, -0.05) is 35.9 Å². The van der Waals surface area contributed by atoms with Crippen LogP contribution in [0.1, 0.15) is 0 Å². The van der Waals surface area contributed by atoms with Gasteiger partial charge in [-0.2, -0.15) is 0 Å². The summed E-state index contributed by atoms with van der Waals surface area (Å²) < 4.78 is 6.30. The van der Waals surface area contributed by atoms with Crippen molar-refractivity contribution in [3.05, 3.63) is 52.1 Å². The molecule has 106 valence electrons. The Morgan fingerprint density at radius 1 is 1.14 bits per heavy atom. The van der Waals surface area contributed by atoms with Crippen LogP contribution in [0, 0.1) is 0 Å². The lowest BCUT2D eigenvalue weighted by Crippen LogP contribution is -1.98. The summed E-state index contributed by atoms with van der Waals surface area (Å²) in [6.07, 6.45) is 0. The minimum Gasteiger partial charge on any atom is -0.496 e. The standard InChI is InChI=1S/C16H12BrClN2O/c1-21-13-7-10-5-3-2-4-9(10)6-11(13)15-12(17)8-14(18)20-16(15)19/h2-8H,1H3,(H2,19,20). The summed E-state index contributed by atoms with van der Waals surface area (Å²) in [7, 11) is 1.64. The van der Waals surface area contributed by atoms with Crippen LogP contribution in [0.2, 0.25) is 5.15 Å². The zero-order chi connectivity index (χ0) is 15.0. The topological polar surface area (TPSA) is 48.1 Å². The van der Waals surface area contributed by atoms with Gasteiger partial charge >= 0.3 is 0 Å². The van der Waals surface area contributed by atoms with Gasteiger partial charge in [0.15, 0.2) is 0 Å². The number of nitrogen functional groups attached to an aromatic ring is 1. The number of methoxy groups -OCH3 is 1. The Morgan fingerprint density at radius 2 is 1.81 bits per heavy atom. The maximum atomic E-state index is 6.04. The lowest BCUT2D eigenvalue weighted by Gasteiger charge is -2.14. The molecule has 5 heteroatoms. The number of aromatic nitrogens is 1. The van der Waals surface area contributed by atoms with Gasteiger partial charge in [0.25, 0.3) is 0 Å². The predicted molar refractivity (Wildman–Crippen MR) is 90.9 cm³/mol. The van der Waals surface area contributed by atoms with E-state index in [1.54, 1.807) is 13.2 Å². The number of hydrogen-bond acceptors (Lipinski definition) is 3. The fourth-order valence-electron chi connectivity index (χ4n) is 2.35. The van der Waals surface area contributed by atoms with Gasteiger partial charge < -0.3 is 10.5 Å². The van der Waals surface area contributed by atoms with Gasteiger partial charge in [-0.3, -0.25) is 0 Å². The molecule has 21 heavy (non-hydrogen) atoms. The molecule has 0 fully saturated rings. The highest BCUT2D eigenvalue weighted by Crippen LogP contribution is 2.41. The molecule has 2 aromatic carbocycles. The molecule has 3 rings (SSSR count). The van der Waals surface area contributed by atoms with Gasteiger partial charge in [0.1, 0.15) is 16.7 Å². The Morgan fingerprint density at radius 3 is 2.43 bits per heavy atom. The molecule has 0 saturated carbocycles. The Labute approximate surface area is 135 Å². The second-order valence-corrected chi connectivity index (χ2v) is 5.83. The molecule has 2 N–H and O–H groups in total. The van der Waals surface area contributed by atoms with Crippen molar-refractivity contribution in [2.45, 2.75) is 0 Å². The number of halogens is 2. The van der Waals surface area contributed by atoms with E-state index in [0.29, 0.717) is 11.0 Å². The van der Waals surface area contributed by atoms with E-state index in [2.05, 4.69) is 20.9 Å². The minimum absolute atomic E-state index is 0.350. The van der Waals surface area contributed by atoms with E-state index >= 15 is 0 Å². The van der Waals surface area contributed by atoms with Crippen LogP contribution in [0.25, 0.3) is 21.9 Å². The summed E-state index contributed by atoms with van der Waals surface area (Å²) in [6, 6.07) is 13.8. The van der Waals surface area contributed by atoms with Crippen molar-refractivity contribution in [2.75, 3.05) is 12.8 Å². The quantitative estimate of drug-likeness (QED) is 0.658. The van der Waals surface area contributed by atoms with E-state index in [9.17, 15) is 0 Å². The molecule has 0 unspecified atom stereocenters. The van der Waals surface area contributed by atoms with E-state index in [0.717, 1.165) is 32.1 Å². The summed E-state index contributed by atoms with van der Waals surface area (Å²) in [4.78, 5) is 4.12. The first-order valence-electron chi connectivity index (χ1n) is 6.29. The van der Waals surface area contributed by atoms with Crippen LogP contribution in [-0.4, -0.2) is 12.1 Å². The largest absolute Gasteiger partial charge is 0.496 e. The minimum atomic E-state index is 0.350. The first-order valence-corrected chi connectivity index (χ1v) is 7.46. The summed E-state index contributed by atoms with van der Waals surface area (Å²) in [5.41, 5.74) is 7.70. The molecule has 1 aromatic heterocycles. The van der Waals surface area contributed by atoms with E-state index in [-0.39, 0.29) is 0 Å². The van der Waals surface area contributed by atoms with Crippen molar-refractivity contribution in [1.29, 1.82) is 0 Å². The summed E-state index contributed by atoms with van der Waals surface area (Å²) in [5, 5.41) is 2.56. The van der Waals surface area contributed by atoms with Gasteiger partial charge in [0.2, 0.25) is 0 Å². The first kappa shape index (κ1) is 14.2. The molecular formula is C16H12BrClN2O. The van der Waals surface area contributed by atoms with E-state index in [1.807, 2.05) is 36.4 Å². The number of anilines is 1. The lowest BCUT2D eigenvalue weighted by atomic mass is 10.0. The monoisotopic (exact) mass is 362 g/mol. The molecular weight excluding hydrogens is 352 g/mol. The molecule has 0 saturated heterocycles. The number of fused-ring (bicyclic) bond motifs is 1. The van der Waals surface area contributed by atoms with Gasteiger partial charge in [-0.25, -0.2) is 4.98 Å². The molecule has 0 aliphatic heterocycles. The van der Waals surface area contributed by atoms with Crippen LogP contribution in [0.3, 0.4) is 0 Å². The van der Waals surface area contributed by atoms with Crippen LogP contribution in [0.4, 0.5) is 5.82 Å². The number of pyridine rings is 1. The Hall–Kier alpha value is -1.78. The molecule has 3 nitrogen and oxygen atoms in total. The zero-order valence-corrected chi connectivity index (χ0v) is 13.6. The van der Waals surface area contributed by atoms with Gasteiger partial charge in [-0.05, 0) is 44.9 Å². The normalized spacial score (nSPS) is 10.8. The molecule has 0 aliphatic rings. The molecule has 0 spiro atoms. The van der Waals surface area contributed by atoms with Crippen molar-refractivity contribution in [2.24, 2.45) is 0 Å². The highest BCUT2D eigenvalue weighted by atomic mass is 79.9. The van der Waals surface area contributed by atoms with Crippen molar-refractivity contribution < 1.29 is 4.74 Å². The lowest BCUT2D eigenvalue weighted by molar-refractivity contribution is 0.417. The third-order valence-electron chi connectivity index (χ3n) is 3.31. The van der Waals surface area contributed by atoms with Crippen LogP contribution in [-0.2, 0) is 0 Å². The highest BCUT2D eigenvalue weighted by molar-refractivity contribution is 9.10. The maximum absolute atomic E-state index is 6.04. The highest BCUT2D eigenvalue weighted by Gasteiger charge is 2.15. The van der Waals surface area contributed by atoms with E-state index < -0.39 is 0 Å². The zero-order valence-electron chi connectivity index (χ0n) is 11.2. The molecule has 0 amide bonds. The number of hydrogen-bond donors (Lipinski definition) is 1. The Kier molecular flexibility index (Phi) is 3.74. The smallest absolute Gasteiger partial charge is 0.134 e. The van der Waals surface area contributed by atoms with Crippen molar-refractivity contribution in [3.8, 4) is 16.9 Å².